The number of anilines is 1. The molecule has 5 nitrogen and oxygen atoms in total. The minimum Gasteiger partial charge on any atom is -0.355 e. The summed E-state index contributed by atoms with van der Waals surface area (Å²) in [5.41, 5.74) is 1.01. The Morgan fingerprint density at radius 2 is 1.96 bits per heavy atom. The van der Waals surface area contributed by atoms with Crippen molar-refractivity contribution in [2.24, 2.45) is 0 Å². The SMILES string of the molecule is CCCN(CCC(=O)NC1CC1)c1nc(C2CC2)nc2ccccc12. The van der Waals surface area contributed by atoms with Gasteiger partial charge in [0.1, 0.15) is 11.6 Å². The van der Waals surface area contributed by atoms with Crippen LogP contribution in [-0.2, 0) is 4.79 Å². The summed E-state index contributed by atoms with van der Waals surface area (Å²) in [6.07, 6.45) is 6.19. The maximum Gasteiger partial charge on any atom is 0.221 e. The van der Waals surface area contributed by atoms with Crippen LogP contribution in [-0.4, -0.2) is 35.0 Å². The number of carbonyl (C=O) groups is 1. The first-order valence-electron chi connectivity index (χ1n) is 9.55. The second-order valence-corrected chi connectivity index (χ2v) is 7.28. The van der Waals surface area contributed by atoms with Crippen molar-refractivity contribution in [1.82, 2.24) is 15.3 Å². The molecular weight excluding hydrogens is 312 g/mol. The molecule has 2 saturated carbocycles. The van der Waals surface area contributed by atoms with E-state index in [1.807, 2.05) is 12.1 Å². The summed E-state index contributed by atoms with van der Waals surface area (Å²) in [6.45, 7) is 3.78. The molecule has 0 bridgehead atoms. The molecule has 0 saturated heterocycles. The van der Waals surface area contributed by atoms with Gasteiger partial charge in [-0.1, -0.05) is 19.1 Å². The van der Waals surface area contributed by atoms with Crippen molar-refractivity contribution < 1.29 is 4.79 Å². The van der Waals surface area contributed by atoms with Crippen LogP contribution >= 0.6 is 0 Å². The Bertz CT molecular complexity index is 767. The predicted molar refractivity (Wildman–Crippen MR) is 99.8 cm³/mol. The monoisotopic (exact) mass is 338 g/mol. The summed E-state index contributed by atoms with van der Waals surface area (Å²) >= 11 is 0. The topological polar surface area (TPSA) is 58.1 Å². The fourth-order valence-electron chi connectivity index (χ4n) is 3.20. The first-order chi connectivity index (χ1) is 12.2. The summed E-state index contributed by atoms with van der Waals surface area (Å²) in [7, 11) is 0. The molecular formula is C20H26N4O. The van der Waals surface area contributed by atoms with Crippen molar-refractivity contribution in [3.8, 4) is 0 Å². The van der Waals surface area contributed by atoms with Crippen LogP contribution in [0.3, 0.4) is 0 Å². The van der Waals surface area contributed by atoms with Crippen molar-refractivity contribution in [2.45, 2.75) is 57.4 Å². The zero-order chi connectivity index (χ0) is 17.2. The van der Waals surface area contributed by atoms with Crippen molar-refractivity contribution in [3.05, 3.63) is 30.1 Å². The molecule has 1 aromatic heterocycles. The zero-order valence-electron chi connectivity index (χ0n) is 14.9. The van der Waals surface area contributed by atoms with Crippen LogP contribution in [0.1, 0.15) is 57.2 Å². The molecule has 1 heterocycles. The largest absolute Gasteiger partial charge is 0.355 e. The van der Waals surface area contributed by atoms with Crippen molar-refractivity contribution in [2.75, 3.05) is 18.0 Å². The third kappa shape index (κ3) is 3.91. The van der Waals surface area contributed by atoms with Crippen LogP contribution < -0.4 is 10.2 Å². The summed E-state index contributed by atoms with van der Waals surface area (Å²) in [5, 5.41) is 4.17. The number of nitrogens with zero attached hydrogens (tertiary/aromatic N) is 3. The molecule has 0 unspecified atom stereocenters. The van der Waals surface area contributed by atoms with Crippen LogP contribution in [0.4, 0.5) is 5.82 Å². The van der Waals surface area contributed by atoms with Gasteiger partial charge in [-0.2, -0.15) is 0 Å². The van der Waals surface area contributed by atoms with Crippen LogP contribution in [0.25, 0.3) is 10.9 Å². The second kappa shape index (κ2) is 6.98. The molecule has 25 heavy (non-hydrogen) atoms. The summed E-state index contributed by atoms with van der Waals surface area (Å²) in [5.74, 6) is 2.64. The smallest absolute Gasteiger partial charge is 0.221 e. The van der Waals surface area contributed by atoms with Gasteiger partial charge in [0.25, 0.3) is 0 Å². The third-order valence-electron chi connectivity index (χ3n) is 4.89. The Labute approximate surface area is 148 Å². The van der Waals surface area contributed by atoms with Gasteiger partial charge in [-0.3, -0.25) is 4.79 Å². The molecule has 0 radical (unpaired) electrons. The van der Waals surface area contributed by atoms with E-state index in [1.165, 1.54) is 12.8 Å². The van der Waals surface area contributed by atoms with Crippen LogP contribution in [0.5, 0.6) is 0 Å². The fourth-order valence-corrected chi connectivity index (χ4v) is 3.20. The van der Waals surface area contributed by atoms with Gasteiger partial charge in [0.15, 0.2) is 0 Å². The van der Waals surface area contributed by atoms with E-state index in [9.17, 15) is 4.79 Å². The summed E-state index contributed by atoms with van der Waals surface area (Å²) in [4.78, 5) is 24.1. The average Bonchev–Trinajstić information content (AvgIpc) is 3.51. The van der Waals surface area contributed by atoms with Crippen LogP contribution in [0.15, 0.2) is 24.3 Å². The van der Waals surface area contributed by atoms with Crippen molar-refractivity contribution in [1.29, 1.82) is 0 Å². The van der Waals surface area contributed by atoms with E-state index in [2.05, 4.69) is 29.3 Å². The highest BCUT2D eigenvalue weighted by Crippen LogP contribution is 2.39. The highest BCUT2D eigenvalue weighted by Gasteiger charge is 2.28. The van der Waals surface area contributed by atoms with Gasteiger partial charge in [0, 0.05) is 36.9 Å². The van der Waals surface area contributed by atoms with Gasteiger partial charge in [-0.25, -0.2) is 9.97 Å². The Morgan fingerprint density at radius 3 is 2.68 bits per heavy atom. The molecule has 2 aliphatic rings. The van der Waals surface area contributed by atoms with Gasteiger partial charge in [-0.05, 0) is 44.2 Å². The predicted octanol–water partition coefficient (Wildman–Crippen LogP) is 3.39. The van der Waals surface area contributed by atoms with Gasteiger partial charge >= 0.3 is 0 Å². The lowest BCUT2D eigenvalue weighted by atomic mass is 10.2. The molecule has 2 aromatic rings. The minimum absolute atomic E-state index is 0.157. The number of fused-ring (bicyclic) bond motifs is 1. The first-order valence-corrected chi connectivity index (χ1v) is 9.55. The molecule has 1 aromatic carbocycles. The van der Waals surface area contributed by atoms with E-state index in [0.717, 1.165) is 48.4 Å². The van der Waals surface area contributed by atoms with Crippen molar-refractivity contribution >= 4 is 22.6 Å². The second-order valence-electron chi connectivity index (χ2n) is 7.28. The molecule has 2 aliphatic carbocycles. The minimum atomic E-state index is 0.157. The van der Waals surface area contributed by atoms with E-state index in [0.29, 0.717) is 24.9 Å². The lowest BCUT2D eigenvalue weighted by Crippen LogP contribution is -2.33. The third-order valence-corrected chi connectivity index (χ3v) is 4.89. The standard InChI is InChI=1S/C20H26N4O/c1-2-12-24(13-11-18(25)21-15-9-10-15)20-16-5-3-4-6-17(16)22-19(23-20)14-7-8-14/h3-6,14-15H,2,7-13H2,1H3,(H,21,25). The maximum absolute atomic E-state index is 12.1. The van der Waals surface area contributed by atoms with Gasteiger partial charge in [0.2, 0.25) is 5.91 Å². The highest BCUT2D eigenvalue weighted by atomic mass is 16.1. The Hall–Kier alpha value is -2.17. The molecule has 0 atom stereocenters. The molecule has 4 rings (SSSR count). The Kier molecular flexibility index (Phi) is 4.55. The molecule has 1 N–H and O–H groups in total. The number of para-hydroxylation sites is 1. The average molecular weight is 338 g/mol. The normalized spacial score (nSPS) is 16.8. The first kappa shape index (κ1) is 16.3. The van der Waals surface area contributed by atoms with Crippen LogP contribution in [0.2, 0.25) is 0 Å². The Balaban J connectivity index is 1.59. The molecule has 1 amide bonds. The molecule has 132 valence electrons. The number of benzene rings is 1. The number of hydrogen-bond acceptors (Lipinski definition) is 4. The Morgan fingerprint density at radius 1 is 1.16 bits per heavy atom. The fraction of sp³-hybridized carbons (Fsp3) is 0.550. The molecule has 0 aliphatic heterocycles. The number of carbonyl (C=O) groups excluding carboxylic acids is 1. The van der Waals surface area contributed by atoms with Gasteiger partial charge in [-0.15, -0.1) is 0 Å². The molecule has 2 fully saturated rings. The summed E-state index contributed by atoms with van der Waals surface area (Å²) in [6, 6.07) is 8.65. The number of aromatic nitrogens is 2. The van der Waals surface area contributed by atoms with E-state index in [1.54, 1.807) is 0 Å². The lowest BCUT2D eigenvalue weighted by Gasteiger charge is -2.25. The molecule has 0 spiro atoms. The lowest BCUT2D eigenvalue weighted by molar-refractivity contribution is -0.121. The highest BCUT2D eigenvalue weighted by molar-refractivity contribution is 5.89. The maximum atomic E-state index is 12.1. The number of rotatable bonds is 8. The van der Waals surface area contributed by atoms with E-state index < -0.39 is 0 Å². The van der Waals surface area contributed by atoms with Gasteiger partial charge < -0.3 is 10.2 Å². The van der Waals surface area contributed by atoms with E-state index in [-0.39, 0.29) is 5.91 Å². The molecule has 5 heteroatoms. The zero-order valence-corrected chi connectivity index (χ0v) is 14.9. The van der Waals surface area contributed by atoms with E-state index >= 15 is 0 Å². The quantitative estimate of drug-likeness (QED) is 0.801. The van der Waals surface area contributed by atoms with Crippen molar-refractivity contribution in [3.63, 3.8) is 0 Å². The van der Waals surface area contributed by atoms with E-state index in [4.69, 9.17) is 9.97 Å². The number of hydrogen-bond donors (Lipinski definition) is 1. The number of amides is 1. The number of nitrogens with one attached hydrogen (secondary N) is 1. The van der Waals surface area contributed by atoms with Crippen LogP contribution in [0, 0.1) is 0 Å². The summed E-state index contributed by atoms with van der Waals surface area (Å²) < 4.78 is 0. The van der Waals surface area contributed by atoms with Gasteiger partial charge in [0.05, 0.1) is 5.52 Å².